The summed E-state index contributed by atoms with van der Waals surface area (Å²) in [6.45, 7) is 0.633. The first-order valence-corrected chi connectivity index (χ1v) is 5.57. The molecule has 16 heavy (non-hydrogen) atoms. The molecule has 0 aliphatic carbocycles. The van der Waals surface area contributed by atoms with Gasteiger partial charge in [0.15, 0.2) is 5.76 Å². The third-order valence-electron chi connectivity index (χ3n) is 2.04. The van der Waals surface area contributed by atoms with Gasteiger partial charge in [0.1, 0.15) is 10.0 Å². The van der Waals surface area contributed by atoms with Gasteiger partial charge < -0.3 is 9.73 Å². The number of thiocarbonyl (C=S) groups is 1. The van der Waals surface area contributed by atoms with Gasteiger partial charge in [-0.05, 0) is 23.8 Å². The number of pyridine rings is 1. The monoisotopic (exact) mass is 250 g/mol. The van der Waals surface area contributed by atoms with Crippen LogP contribution in [0.4, 0.5) is 0 Å². The summed E-state index contributed by atoms with van der Waals surface area (Å²) in [4.78, 5) is 4.30. The molecule has 1 N–H and O–H groups in total. The second kappa shape index (κ2) is 5.14. The van der Waals surface area contributed by atoms with Gasteiger partial charge >= 0.3 is 0 Å². The van der Waals surface area contributed by atoms with Crippen LogP contribution in [0, 0.1) is 0 Å². The van der Waals surface area contributed by atoms with E-state index in [4.69, 9.17) is 16.6 Å². The van der Waals surface area contributed by atoms with Crippen LogP contribution in [0.1, 0.15) is 5.56 Å². The molecule has 2 aromatic heterocycles. The van der Waals surface area contributed by atoms with Crippen LogP contribution < -0.4 is 5.32 Å². The van der Waals surface area contributed by atoms with Crippen LogP contribution in [0.3, 0.4) is 0 Å². The van der Waals surface area contributed by atoms with Crippen molar-refractivity contribution in [2.24, 2.45) is 0 Å². The highest BCUT2D eigenvalue weighted by atomic mass is 32.1. The molecule has 0 aliphatic heterocycles. The molecule has 0 aromatic carbocycles. The van der Waals surface area contributed by atoms with Crippen molar-refractivity contribution in [2.75, 3.05) is 0 Å². The lowest BCUT2D eigenvalue weighted by Crippen LogP contribution is -2.15. The minimum atomic E-state index is 0.482. The summed E-state index contributed by atoms with van der Waals surface area (Å²) in [7, 11) is 0. The summed E-state index contributed by atoms with van der Waals surface area (Å²) in [5.41, 5.74) is 1.87. The second-order valence-electron chi connectivity index (χ2n) is 3.19. The van der Waals surface area contributed by atoms with E-state index in [1.165, 1.54) is 0 Å². The molecule has 0 spiro atoms. The van der Waals surface area contributed by atoms with Gasteiger partial charge in [0, 0.05) is 12.7 Å². The summed E-state index contributed by atoms with van der Waals surface area (Å²) in [5, 5.41) is 2.95. The Labute approximate surface area is 104 Å². The zero-order valence-corrected chi connectivity index (χ0v) is 10.1. The van der Waals surface area contributed by atoms with Crippen LogP contribution in [-0.2, 0) is 6.54 Å². The zero-order valence-electron chi connectivity index (χ0n) is 8.38. The van der Waals surface area contributed by atoms with Crippen molar-refractivity contribution < 1.29 is 4.42 Å². The van der Waals surface area contributed by atoms with E-state index in [1.54, 1.807) is 12.5 Å². The molecule has 2 rings (SSSR count). The predicted octanol–water partition coefficient (Wildman–Crippen LogP) is 2.65. The molecule has 0 bridgehead atoms. The van der Waals surface area contributed by atoms with Crippen LogP contribution >= 0.6 is 24.8 Å². The quantitative estimate of drug-likeness (QED) is 0.649. The largest absolute Gasteiger partial charge is 0.463 e. The van der Waals surface area contributed by atoms with Crippen molar-refractivity contribution in [3.63, 3.8) is 0 Å². The van der Waals surface area contributed by atoms with Gasteiger partial charge in [0.05, 0.1) is 6.26 Å². The molecule has 82 valence electrons. The Balaban J connectivity index is 2.08. The van der Waals surface area contributed by atoms with Crippen LogP contribution in [0.25, 0.3) is 11.5 Å². The van der Waals surface area contributed by atoms with E-state index >= 15 is 0 Å². The van der Waals surface area contributed by atoms with Gasteiger partial charge in [-0.1, -0.05) is 18.3 Å². The Hall–Kier alpha value is -1.33. The molecular formula is C11H10N2OS2. The second-order valence-corrected chi connectivity index (χ2v) is 4.35. The van der Waals surface area contributed by atoms with Crippen LogP contribution in [0.5, 0.6) is 0 Å². The summed E-state index contributed by atoms with van der Waals surface area (Å²) in [5.74, 6) is 0.768. The van der Waals surface area contributed by atoms with Crippen molar-refractivity contribution in [3.05, 3.63) is 42.3 Å². The molecule has 0 fully saturated rings. The Bertz CT molecular complexity index is 465. The Kier molecular flexibility index (Phi) is 3.58. The van der Waals surface area contributed by atoms with Gasteiger partial charge in [-0.15, -0.1) is 12.6 Å². The van der Waals surface area contributed by atoms with E-state index in [0.717, 1.165) is 17.0 Å². The lowest BCUT2D eigenvalue weighted by molar-refractivity contribution is 0.580. The summed E-state index contributed by atoms with van der Waals surface area (Å²) in [6.07, 6.45) is 3.42. The molecule has 2 heterocycles. The SMILES string of the molecule is S=C(S)NCc1ccc(-c2ccco2)nc1. The van der Waals surface area contributed by atoms with E-state index in [1.807, 2.05) is 24.3 Å². The fourth-order valence-corrected chi connectivity index (χ4v) is 1.43. The summed E-state index contributed by atoms with van der Waals surface area (Å²) in [6, 6.07) is 7.61. The molecular weight excluding hydrogens is 240 g/mol. The maximum atomic E-state index is 5.25. The van der Waals surface area contributed by atoms with Crippen LogP contribution in [-0.4, -0.2) is 9.30 Å². The summed E-state index contributed by atoms with van der Waals surface area (Å²) >= 11 is 8.79. The molecule has 0 atom stereocenters. The average Bonchev–Trinajstić information content (AvgIpc) is 2.80. The van der Waals surface area contributed by atoms with Gasteiger partial charge in [-0.3, -0.25) is 4.98 Å². The third kappa shape index (κ3) is 2.84. The van der Waals surface area contributed by atoms with Crippen molar-refractivity contribution in [3.8, 4) is 11.5 Å². The maximum absolute atomic E-state index is 5.25. The van der Waals surface area contributed by atoms with E-state index in [-0.39, 0.29) is 0 Å². The number of thiol groups is 1. The van der Waals surface area contributed by atoms with Gasteiger partial charge in [-0.2, -0.15) is 0 Å². The van der Waals surface area contributed by atoms with Crippen molar-refractivity contribution in [2.45, 2.75) is 6.54 Å². The molecule has 0 amide bonds. The summed E-state index contributed by atoms with van der Waals surface area (Å²) < 4.78 is 5.73. The van der Waals surface area contributed by atoms with E-state index < -0.39 is 0 Å². The number of rotatable bonds is 3. The minimum absolute atomic E-state index is 0.482. The smallest absolute Gasteiger partial charge is 0.152 e. The predicted molar refractivity (Wildman–Crippen MR) is 70.4 cm³/mol. The highest BCUT2D eigenvalue weighted by Crippen LogP contribution is 2.16. The lowest BCUT2D eigenvalue weighted by atomic mass is 10.2. The first-order valence-electron chi connectivity index (χ1n) is 4.71. The molecule has 5 heteroatoms. The number of aromatic nitrogens is 1. The molecule has 0 saturated carbocycles. The zero-order chi connectivity index (χ0) is 11.4. The van der Waals surface area contributed by atoms with E-state index in [0.29, 0.717) is 10.9 Å². The van der Waals surface area contributed by atoms with Crippen molar-refractivity contribution in [1.29, 1.82) is 0 Å². The van der Waals surface area contributed by atoms with E-state index in [9.17, 15) is 0 Å². The first kappa shape index (κ1) is 11.2. The number of nitrogens with zero attached hydrogens (tertiary/aromatic N) is 1. The van der Waals surface area contributed by atoms with Crippen molar-refractivity contribution >= 4 is 29.2 Å². The van der Waals surface area contributed by atoms with E-state index in [2.05, 4.69) is 22.9 Å². The number of nitrogens with one attached hydrogen (secondary N) is 1. The number of hydrogen-bond acceptors (Lipinski definition) is 3. The fourth-order valence-electron chi connectivity index (χ4n) is 1.28. The standard InChI is InChI=1S/C11H10N2OS2/c15-11(16)13-7-8-3-4-9(12-6-8)10-2-1-5-14-10/h1-6H,7H2,(H2,13,15,16). The van der Waals surface area contributed by atoms with Gasteiger partial charge in [0.25, 0.3) is 0 Å². The number of hydrogen-bond donors (Lipinski definition) is 2. The Morgan fingerprint density at radius 2 is 2.31 bits per heavy atom. The van der Waals surface area contributed by atoms with Crippen molar-refractivity contribution in [1.82, 2.24) is 10.3 Å². The third-order valence-corrected chi connectivity index (χ3v) is 2.34. The van der Waals surface area contributed by atoms with Gasteiger partial charge in [0.2, 0.25) is 0 Å². The number of furan rings is 1. The van der Waals surface area contributed by atoms with Gasteiger partial charge in [-0.25, -0.2) is 0 Å². The molecule has 0 aliphatic rings. The molecule has 0 unspecified atom stereocenters. The fraction of sp³-hybridized carbons (Fsp3) is 0.0909. The average molecular weight is 250 g/mol. The molecule has 3 nitrogen and oxygen atoms in total. The van der Waals surface area contributed by atoms with Crippen LogP contribution in [0.2, 0.25) is 0 Å². The Morgan fingerprint density at radius 1 is 1.44 bits per heavy atom. The molecule has 0 saturated heterocycles. The maximum Gasteiger partial charge on any atom is 0.152 e. The molecule has 2 aromatic rings. The lowest BCUT2D eigenvalue weighted by Gasteiger charge is -2.03. The first-order chi connectivity index (χ1) is 7.75. The normalized spacial score (nSPS) is 10.1. The van der Waals surface area contributed by atoms with Crippen LogP contribution in [0.15, 0.2) is 41.1 Å². The minimum Gasteiger partial charge on any atom is -0.463 e. The Morgan fingerprint density at radius 3 is 2.88 bits per heavy atom. The highest BCUT2D eigenvalue weighted by Gasteiger charge is 2.01. The topological polar surface area (TPSA) is 38.1 Å². The highest BCUT2D eigenvalue weighted by molar-refractivity contribution is 8.11. The molecule has 0 radical (unpaired) electrons.